The second-order valence-corrected chi connectivity index (χ2v) is 6.52. The summed E-state index contributed by atoms with van der Waals surface area (Å²) in [6.07, 6.45) is 7.20. The van der Waals surface area contributed by atoms with Crippen molar-refractivity contribution in [3.05, 3.63) is 70.8 Å². The normalized spacial score (nSPS) is 16.4. The van der Waals surface area contributed by atoms with E-state index in [0.717, 1.165) is 36.2 Å². The monoisotopic (exact) mass is 335 g/mol. The molecule has 0 saturated heterocycles. The Morgan fingerprint density at radius 1 is 1.32 bits per heavy atom. The van der Waals surface area contributed by atoms with Crippen molar-refractivity contribution >= 4 is 5.91 Å². The first-order valence-electron chi connectivity index (χ1n) is 8.60. The van der Waals surface area contributed by atoms with Gasteiger partial charge in [-0.05, 0) is 30.4 Å². The molecule has 0 fully saturated rings. The average Bonchev–Trinajstić information content (AvgIpc) is 3.24. The molecular weight excluding hydrogens is 314 g/mol. The number of H-pyrrole nitrogens is 1. The van der Waals surface area contributed by atoms with E-state index in [1.165, 1.54) is 5.56 Å². The topological polar surface area (TPSA) is 75.6 Å². The minimum absolute atomic E-state index is 0.0106. The van der Waals surface area contributed by atoms with E-state index in [4.69, 9.17) is 0 Å². The third-order valence-corrected chi connectivity index (χ3v) is 4.86. The second-order valence-electron chi connectivity index (χ2n) is 6.52. The van der Waals surface area contributed by atoms with Gasteiger partial charge in [-0.2, -0.15) is 10.2 Å². The standard InChI is InChI=1S/C19H21N5O/c1-24-17(10-13-6-3-2-4-7-13)15(12-21-24)19(25)22-16-9-5-8-14-11-20-23-18(14)16/h2-4,6-7,11-12,16H,5,8-10H2,1H3,(H,20,23)(H,22,25). The van der Waals surface area contributed by atoms with E-state index in [0.29, 0.717) is 12.0 Å². The molecule has 1 aliphatic rings. The Hall–Kier alpha value is -2.89. The lowest BCUT2D eigenvalue weighted by Gasteiger charge is -2.23. The summed E-state index contributed by atoms with van der Waals surface area (Å²) in [4.78, 5) is 12.9. The first-order chi connectivity index (χ1) is 12.2. The molecule has 25 heavy (non-hydrogen) atoms. The largest absolute Gasteiger partial charge is 0.344 e. The molecule has 6 nitrogen and oxygen atoms in total. The fourth-order valence-electron chi connectivity index (χ4n) is 3.49. The molecule has 2 heterocycles. The van der Waals surface area contributed by atoms with Crippen LogP contribution >= 0.6 is 0 Å². The number of aromatic amines is 1. The van der Waals surface area contributed by atoms with Gasteiger partial charge in [-0.25, -0.2) is 0 Å². The number of amides is 1. The number of rotatable bonds is 4. The molecule has 0 radical (unpaired) electrons. The molecule has 0 bridgehead atoms. The molecule has 2 aromatic heterocycles. The highest BCUT2D eigenvalue weighted by atomic mass is 16.1. The van der Waals surface area contributed by atoms with Crippen LogP contribution in [0, 0.1) is 0 Å². The first-order valence-corrected chi connectivity index (χ1v) is 8.60. The Morgan fingerprint density at radius 2 is 2.16 bits per heavy atom. The van der Waals surface area contributed by atoms with Crippen molar-refractivity contribution in [2.24, 2.45) is 7.05 Å². The Bertz CT molecular complexity index is 880. The summed E-state index contributed by atoms with van der Waals surface area (Å²) in [5.41, 5.74) is 4.95. The third kappa shape index (κ3) is 3.07. The molecule has 0 aliphatic heterocycles. The maximum Gasteiger partial charge on any atom is 0.255 e. The van der Waals surface area contributed by atoms with Crippen LogP contribution in [0.2, 0.25) is 0 Å². The molecule has 2 N–H and O–H groups in total. The van der Waals surface area contributed by atoms with Crippen LogP contribution in [-0.4, -0.2) is 25.9 Å². The zero-order valence-corrected chi connectivity index (χ0v) is 14.2. The van der Waals surface area contributed by atoms with E-state index in [1.807, 2.05) is 31.4 Å². The Labute approximate surface area is 146 Å². The summed E-state index contributed by atoms with van der Waals surface area (Å²) >= 11 is 0. The third-order valence-electron chi connectivity index (χ3n) is 4.86. The molecule has 3 aromatic rings. The summed E-state index contributed by atoms with van der Waals surface area (Å²) in [5.74, 6) is -0.0773. The molecule has 1 aliphatic carbocycles. The van der Waals surface area contributed by atoms with Gasteiger partial charge in [-0.1, -0.05) is 30.3 Å². The molecule has 0 spiro atoms. The van der Waals surface area contributed by atoms with Gasteiger partial charge >= 0.3 is 0 Å². The van der Waals surface area contributed by atoms with Gasteiger partial charge in [0.05, 0.1) is 35.4 Å². The first kappa shape index (κ1) is 15.6. The minimum Gasteiger partial charge on any atom is -0.344 e. The lowest BCUT2D eigenvalue weighted by atomic mass is 9.93. The molecule has 1 unspecified atom stereocenters. The highest BCUT2D eigenvalue weighted by Crippen LogP contribution is 2.28. The highest BCUT2D eigenvalue weighted by molar-refractivity contribution is 5.95. The van der Waals surface area contributed by atoms with Gasteiger partial charge in [0.15, 0.2) is 0 Å². The fraction of sp³-hybridized carbons (Fsp3) is 0.316. The zero-order valence-electron chi connectivity index (χ0n) is 14.2. The molecule has 0 saturated carbocycles. The van der Waals surface area contributed by atoms with Crippen molar-refractivity contribution < 1.29 is 4.79 Å². The van der Waals surface area contributed by atoms with E-state index in [2.05, 4.69) is 32.7 Å². The number of nitrogens with zero attached hydrogens (tertiary/aromatic N) is 3. The summed E-state index contributed by atoms with van der Waals surface area (Å²) < 4.78 is 1.78. The van der Waals surface area contributed by atoms with Crippen molar-refractivity contribution in [3.63, 3.8) is 0 Å². The lowest BCUT2D eigenvalue weighted by Crippen LogP contribution is -2.31. The van der Waals surface area contributed by atoms with Gasteiger partial charge in [0.1, 0.15) is 0 Å². The van der Waals surface area contributed by atoms with E-state index in [9.17, 15) is 4.79 Å². The summed E-state index contributed by atoms with van der Waals surface area (Å²) in [7, 11) is 1.88. The minimum atomic E-state index is -0.0773. The molecule has 1 amide bonds. The van der Waals surface area contributed by atoms with Crippen molar-refractivity contribution in [2.75, 3.05) is 0 Å². The summed E-state index contributed by atoms with van der Waals surface area (Å²) in [5, 5.41) is 14.6. The van der Waals surface area contributed by atoms with Crippen LogP contribution in [0.1, 0.15) is 51.8 Å². The highest BCUT2D eigenvalue weighted by Gasteiger charge is 2.25. The van der Waals surface area contributed by atoms with Gasteiger partial charge in [-0.3, -0.25) is 14.6 Å². The number of benzene rings is 1. The summed E-state index contributed by atoms with van der Waals surface area (Å²) in [6.45, 7) is 0. The Balaban J connectivity index is 1.56. The fourth-order valence-corrected chi connectivity index (χ4v) is 3.49. The second kappa shape index (κ2) is 6.55. The Morgan fingerprint density at radius 3 is 3.00 bits per heavy atom. The number of aromatic nitrogens is 4. The van der Waals surface area contributed by atoms with E-state index >= 15 is 0 Å². The van der Waals surface area contributed by atoms with E-state index in [-0.39, 0.29) is 11.9 Å². The molecule has 1 atom stereocenters. The van der Waals surface area contributed by atoms with Crippen molar-refractivity contribution in [1.82, 2.24) is 25.3 Å². The number of hydrogen-bond acceptors (Lipinski definition) is 3. The van der Waals surface area contributed by atoms with Crippen LogP contribution in [0.5, 0.6) is 0 Å². The molecular formula is C19H21N5O. The molecule has 4 rings (SSSR count). The van der Waals surface area contributed by atoms with E-state index < -0.39 is 0 Å². The van der Waals surface area contributed by atoms with Crippen molar-refractivity contribution in [3.8, 4) is 0 Å². The molecule has 128 valence electrons. The van der Waals surface area contributed by atoms with E-state index in [1.54, 1.807) is 10.9 Å². The van der Waals surface area contributed by atoms with Crippen molar-refractivity contribution in [1.29, 1.82) is 0 Å². The maximum atomic E-state index is 12.9. The van der Waals surface area contributed by atoms with Crippen LogP contribution in [-0.2, 0) is 19.9 Å². The molecule has 1 aromatic carbocycles. The van der Waals surface area contributed by atoms with Crippen LogP contribution in [0.4, 0.5) is 0 Å². The number of nitrogens with one attached hydrogen (secondary N) is 2. The number of fused-ring (bicyclic) bond motifs is 1. The quantitative estimate of drug-likeness (QED) is 0.769. The number of carbonyl (C=O) groups excluding carboxylic acids is 1. The predicted octanol–water partition coefficient (Wildman–Crippen LogP) is 2.54. The summed E-state index contributed by atoms with van der Waals surface area (Å²) in [6, 6.07) is 10.1. The van der Waals surface area contributed by atoms with Crippen molar-refractivity contribution in [2.45, 2.75) is 31.7 Å². The van der Waals surface area contributed by atoms with Crippen LogP contribution in [0.15, 0.2) is 42.7 Å². The number of aryl methyl sites for hydroxylation is 2. The maximum absolute atomic E-state index is 12.9. The zero-order chi connectivity index (χ0) is 17.2. The van der Waals surface area contributed by atoms with Crippen LogP contribution in [0.25, 0.3) is 0 Å². The number of hydrogen-bond donors (Lipinski definition) is 2. The SMILES string of the molecule is Cn1ncc(C(=O)NC2CCCc3cn[nH]c32)c1Cc1ccccc1. The van der Waals surface area contributed by atoms with Gasteiger partial charge in [-0.15, -0.1) is 0 Å². The van der Waals surface area contributed by atoms with Crippen LogP contribution < -0.4 is 5.32 Å². The van der Waals surface area contributed by atoms with Gasteiger partial charge in [0, 0.05) is 13.5 Å². The van der Waals surface area contributed by atoms with Gasteiger partial charge < -0.3 is 5.32 Å². The molecule has 6 heteroatoms. The predicted molar refractivity (Wildman–Crippen MR) is 94.2 cm³/mol. The smallest absolute Gasteiger partial charge is 0.255 e. The van der Waals surface area contributed by atoms with Crippen LogP contribution in [0.3, 0.4) is 0 Å². The Kier molecular flexibility index (Phi) is 4.09. The van der Waals surface area contributed by atoms with Gasteiger partial charge in [0.2, 0.25) is 0 Å². The van der Waals surface area contributed by atoms with Gasteiger partial charge in [0.25, 0.3) is 5.91 Å². The average molecular weight is 335 g/mol. The number of carbonyl (C=O) groups is 1. The lowest BCUT2D eigenvalue weighted by molar-refractivity contribution is 0.0931.